The van der Waals surface area contributed by atoms with Gasteiger partial charge in [0.05, 0.1) is 0 Å². The lowest BCUT2D eigenvalue weighted by molar-refractivity contribution is -0.00000255. The van der Waals surface area contributed by atoms with Crippen LogP contribution in [0, 0.1) is 0 Å². The number of hydrogen-bond donors (Lipinski definition) is 0. The van der Waals surface area contributed by atoms with Crippen molar-refractivity contribution in [3.8, 4) is 0 Å². The summed E-state index contributed by atoms with van der Waals surface area (Å²) in [6.07, 6.45) is 6.03. The normalized spacial score (nSPS) is 10.8. The molecule has 1 nitrogen and oxygen atoms in total. The van der Waals surface area contributed by atoms with Crippen molar-refractivity contribution in [2.24, 2.45) is 0 Å². The van der Waals surface area contributed by atoms with Crippen molar-refractivity contribution >= 4 is 16.3 Å². The molecule has 0 spiro atoms. The van der Waals surface area contributed by atoms with Crippen LogP contribution in [0.2, 0.25) is 0 Å². The molecule has 0 saturated carbocycles. The summed E-state index contributed by atoms with van der Waals surface area (Å²) in [6, 6.07) is 0. The molecule has 0 N–H and O–H groups in total. The molecule has 0 amide bonds. The zero-order valence-corrected chi connectivity index (χ0v) is 10.8. The molecular weight excluding hydrogens is 246 g/mol. The minimum absolute atomic E-state index is 0. The van der Waals surface area contributed by atoms with E-state index in [1.165, 1.54) is 4.99 Å². The fourth-order valence-electron chi connectivity index (χ4n) is 0.806. The standard InChI is InChI=1S/C10H18NS.BrH/c1-5-7-8-10(11(3)4)12-9-6-2;/h5-6H,1-2,7-9H2,3-4H3;1H/q+1;/p-1. The van der Waals surface area contributed by atoms with Crippen molar-refractivity contribution < 1.29 is 17.0 Å². The molecule has 0 unspecified atom stereocenters. The van der Waals surface area contributed by atoms with Gasteiger partial charge in [-0.05, 0) is 26.6 Å². The molecular formula is C10H18BrNS. The van der Waals surface area contributed by atoms with E-state index in [0.717, 1.165) is 18.6 Å². The SMILES string of the molecule is C=CCCC(=[S+]CC=C)N(C)C.[Br-]. The Morgan fingerprint density at radius 3 is 2.31 bits per heavy atom. The zero-order chi connectivity index (χ0) is 9.40. The van der Waals surface area contributed by atoms with Crippen LogP contribution in [0.4, 0.5) is 0 Å². The van der Waals surface area contributed by atoms with Gasteiger partial charge in [0.1, 0.15) is 0 Å². The van der Waals surface area contributed by atoms with Gasteiger partial charge >= 0.3 is 0 Å². The highest BCUT2D eigenvalue weighted by Gasteiger charge is 2.10. The lowest BCUT2D eigenvalue weighted by atomic mass is 10.3. The first-order chi connectivity index (χ1) is 5.72. The number of nitrogens with zero attached hydrogens (tertiary/aromatic N) is 1. The molecule has 0 bridgehead atoms. The topological polar surface area (TPSA) is 3.24 Å². The van der Waals surface area contributed by atoms with Crippen LogP contribution >= 0.6 is 0 Å². The van der Waals surface area contributed by atoms with Crippen LogP contribution < -0.4 is 17.0 Å². The van der Waals surface area contributed by atoms with Gasteiger partial charge in [-0.3, -0.25) is 0 Å². The Morgan fingerprint density at radius 1 is 1.31 bits per heavy atom. The molecule has 0 saturated heterocycles. The molecule has 0 aromatic heterocycles. The molecule has 0 rings (SSSR count). The fourth-order valence-corrected chi connectivity index (χ4v) is 1.64. The van der Waals surface area contributed by atoms with Crippen molar-refractivity contribution in [1.29, 1.82) is 0 Å². The predicted molar refractivity (Wildman–Crippen MR) is 60.6 cm³/mol. The molecule has 0 aliphatic heterocycles. The predicted octanol–water partition coefficient (Wildman–Crippen LogP) is -1.08. The van der Waals surface area contributed by atoms with Gasteiger partial charge in [0.25, 0.3) is 0 Å². The van der Waals surface area contributed by atoms with Crippen LogP contribution in [0.15, 0.2) is 25.3 Å². The van der Waals surface area contributed by atoms with Crippen molar-refractivity contribution in [3.05, 3.63) is 25.3 Å². The molecule has 0 aliphatic rings. The highest BCUT2D eigenvalue weighted by Crippen LogP contribution is 1.95. The van der Waals surface area contributed by atoms with Crippen LogP contribution in [-0.2, 0) is 11.4 Å². The molecule has 0 fully saturated rings. The molecule has 0 atom stereocenters. The van der Waals surface area contributed by atoms with Gasteiger partial charge in [0, 0.05) is 6.42 Å². The van der Waals surface area contributed by atoms with Crippen LogP contribution in [0.1, 0.15) is 12.8 Å². The van der Waals surface area contributed by atoms with E-state index in [4.69, 9.17) is 0 Å². The first-order valence-electron chi connectivity index (χ1n) is 4.10. The van der Waals surface area contributed by atoms with E-state index in [1.54, 1.807) is 0 Å². The molecule has 3 heteroatoms. The second-order valence-corrected chi connectivity index (χ2v) is 3.81. The second kappa shape index (κ2) is 10.1. The van der Waals surface area contributed by atoms with E-state index in [9.17, 15) is 0 Å². The Bertz CT molecular complexity index is 176. The Labute approximate surface area is 96.2 Å². The van der Waals surface area contributed by atoms with Gasteiger partial charge < -0.3 is 17.0 Å². The fraction of sp³-hybridized carbons (Fsp3) is 0.500. The van der Waals surface area contributed by atoms with E-state index in [1.807, 2.05) is 23.5 Å². The monoisotopic (exact) mass is 263 g/mol. The maximum atomic E-state index is 3.71. The summed E-state index contributed by atoms with van der Waals surface area (Å²) in [4.78, 5) is 3.56. The average Bonchev–Trinajstić information content (AvgIpc) is 2.04. The number of allylic oxidation sites excluding steroid dienone is 1. The minimum atomic E-state index is 0. The van der Waals surface area contributed by atoms with E-state index >= 15 is 0 Å². The first-order valence-corrected chi connectivity index (χ1v) is 5.08. The molecule has 0 aromatic carbocycles. The van der Waals surface area contributed by atoms with Crippen LogP contribution in [0.25, 0.3) is 0 Å². The number of halogens is 1. The van der Waals surface area contributed by atoms with Gasteiger partial charge in [0.2, 0.25) is 4.99 Å². The Hall–Kier alpha value is 0.01000. The highest BCUT2D eigenvalue weighted by atomic mass is 79.9. The van der Waals surface area contributed by atoms with Gasteiger partial charge in [-0.25, -0.2) is 4.90 Å². The van der Waals surface area contributed by atoms with Crippen LogP contribution in [-0.4, -0.2) is 29.7 Å². The summed E-state index contributed by atoms with van der Waals surface area (Å²) < 4.78 is 0. The van der Waals surface area contributed by atoms with E-state index in [0.29, 0.717) is 0 Å². The third kappa shape index (κ3) is 8.34. The van der Waals surface area contributed by atoms with Crippen molar-refractivity contribution in [1.82, 2.24) is 4.90 Å². The van der Waals surface area contributed by atoms with Gasteiger partial charge in [-0.15, -0.1) is 6.58 Å². The third-order valence-electron chi connectivity index (χ3n) is 1.43. The smallest absolute Gasteiger partial charge is 0.249 e. The summed E-state index contributed by atoms with van der Waals surface area (Å²) in [5.74, 6) is 0.991. The quantitative estimate of drug-likeness (QED) is 0.347. The summed E-state index contributed by atoms with van der Waals surface area (Å²) in [5.41, 5.74) is 0. The van der Waals surface area contributed by atoms with Crippen molar-refractivity contribution in [3.63, 3.8) is 0 Å². The van der Waals surface area contributed by atoms with Gasteiger partial charge in [-0.2, -0.15) is 0 Å². The van der Waals surface area contributed by atoms with Gasteiger partial charge in [0.15, 0.2) is 17.1 Å². The number of hydrogen-bond acceptors (Lipinski definition) is 0. The summed E-state index contributed by atoms with van der Waals surface area (Å²) in [5, 5.41) is 0. The van der Waals surface area contributed by atoms with Crippen molar-refractivity contribution in [2.45, 2.75) is 12.8 Å². The van der Waals surface area contributed by atoms with E-state index in [-0.39, 0.29) is 17.0 Å². The van der Waals surface area contributed by atoms with Crippen molar-refractivity contribution in [2.75, 3.05) is 19.8 Å². The Balaban J connectivity index is 0. The summed E-state index contributed by atoms with van der Waals surface area (Å²) >= 11 is 1.85. The highest BCUT2D eigenvalue weighted by molar-refractivity contribution is 7.78. The number of rotatable bonds is 5. The van der Waals surface area contributed by atoms with Crippen LogP contribution in [0.5, 0.6) is 0 Å². The van der Waals surface area contributed by atoms with E-state index in [2.05, 4.69) is 32.2 Å². The van der Waals surface area contributed by atoms with Crippen LogP contribution in [0.3, 0.4) is 0 Å². The second-order valence-electron chi connectivity index (χ2n) is 2.72. The first kappa shape index (κ1) is 15.5. The van der Waals surface area contributed by atoms with Gasteiger partial charge in [-0.1, -0.05) is 12.7 Å². The molecule has 0 heterocycles. The minimum Gasteiger partial charge on any atom is -1.00 e. The Kier molecular flexibility index (Phi) is 12.0. The average molecular weight is 264 g/mol. The Morgan fingerprint density at radius 2 is 1.92 bits per heavy atom. The lowest BCUT2D eigenvalue weighted by Gasteiger charge is -2.03. The molecule has 13 heavy (non-hydrogen) atoms. The zero-order valence-electron chi connectivity index (χ0n) is 8.42. The third-order valence-corrected chi connectivity index (χ3v) is 2.73. The maximum absolute atomic E-state index is 3.71. The summed E-state index contributed by atoms with van der Waals surface area (Å²) in [6.45, 7) is 7.41. The summed E-state index contributed by atoms with van der Waals surface area (Å²) in [7, 11) is 4.16. The maximum Gasteiger partial charge on any atom is 0.249 e. The largest absolute Gasteiger partial charge is 1.00 e. The lowest BCUT2D eigenvalue weighted by Crippen LogP contribution is -3.00. The molecule has 76 valence electrons. The molecule has 0 aromatic rings. The molecule has 0 radical (unpaired) electrons. The van der Waals surface area contributed by atoms with E-state index < -0.39 is 0 Å². The molecule has 0 aliphatic carbocycles.